The molecule has 5 heteroatoms. The minimum atomic E-state index is -0.677. The van der Waals surface area contributed by atoms with Crippen LogP contribution in [0.25, 0.3) is 0 Å². The lowest BCUT2D eigenvalue weighted by molar-refractivity contribution is 0.249. The number of aryl methyl sites for hydroxylation is 2. The molecule has 3 N–H and O–H groups in total. The van der Waals surface area contributed by atoms with Gasteiger partial charge in [0.05, 0.1) is 12.8 Å². The number of nitrogens with two attached hydrogens (primary N) is 1. The van der Waals surface area contributed by atoms with Gasteiger partial charge >= 0.3 is 6.03 Å². The Morgan fingerprint density at radius 2 is 2.05 bits per heavy atom. The molecule has 2 amide bonds. The molecule has 0 bridgehead atoms. The molecule has 0 aliphatic rings. The summed E-state index contributed by atoms with van der Waals surface area (Å²) < 4.78 is 5.77. The Morgan fingerprint density at radius 1 is 1.42 bits per heavy atom. The average molecular weight is 263 g/mol. The highest BCUT2D eigenvalue weighted by molar-refractivity contribution is 5.82. The van der Waals surface area contributed by atoms with E-state index < -0.39 is 6.03 Å². The fraction of sp³-hybridized carbons (Fsp3) is 0.429. The first-order valence-electron chi connectivity index (χ1n) is 6.37. The zero-order valence-electron chi connectivity index (χ0n) is 11.7. The zero-order chi connectivity index (χ0) is 14.3. The summed E-state index contributed by atoms with van der Waals surface area (Å²) in [5, 5.41) is 3.74. The number of benzene rings is 1. The van der Waals surface area contributed by atoms with Crippen LogP contribution in [0, 0.1) is 13.8 Å². The Labute approximate surface area is 113 Å². The lowest BCUT2D eigenvalue weighted by atomic mass is 10.1. The van der Waals surface area contributed by atoms with Crippen LogP contribution in [0.15, 0.2) is 17.2 Å². The van der Waals surface area contributed by atoms with Gasteiger partial charge in [0.1, 0.15) is 5.75 Å². The average Bonchev–Trinajstić information content (AvgIpc) is 2.32. The van der Waals surface area contributed by atoms with Crippen LogP contribution in [0.3, 0.4) is 0 Å². The van der Waals surface area contributed by atoms with Crippen LogP contribution < -0.4 is 15.9 Å². The summed E-state index contributed by atoms with van der Waals surface area (Å²) in [7, 11) is 0. The van der Waals surface area contributed by atoms with Gasteiger partial charge in [-0.1, -0.05) is 13.3 Å². The molecule has 0 spiro atoms. The number of nitrogens with one attached hydrogen (secondary N) is 1. The van der Waals surface area contributed by atoms with Crippen LogP contribution in [0.5, 0.6) is 5.75 Å². The second-order valence-corrected chi connectivity index (χ2v) is 4.42. The number of ether oxygens (including phenoxy) is 1. The van der Waals surface area contributed by atoms with Crippen LogP contribution in [0.4, 0.5) is 4.79 Å². The van der Waals surface area contributed by atoms with Crippen LogP contribution >= 0.6 is 0 Å². The standard InChI is InChI=1S/C14H21N3O2/c1-4-5-6-19-13-10(2)7-12(8-11(13)3)9-16-17-14(15)18/h7-9H,4-6H2,1-3H3,(H3,15,17,18). The molecule has 0 aliphatic heterocycles. The van der Waals surface area contributed by atoms with Gasteiger partial charge in [-0.05, 0) is 49.1 Å². The van der Waals surface area contributed by atoms with E-state index in [1.54, 1.807) is 6.21 Å². The Kier molecular flexibility index (Phi) is 5.85. The van der Waals surface area contributed by atoms with Crippen molar-refractivity contribution in [3.05, 3.63) is 28.8 Å². The molecule has 104 valence electrons. The number of carbonyl (C=O) groups is 1. The van der Waals surface area contributed by atoms with E-state index in [4.69, 9.17) is 10.5 Å². The predicted molar refractivity (Wildman–Crippen MR) is 76.6 cm³/mol. The van der Waals surface area contributed by atoms with Gasteiger partial charge in [-0.25, -0.2) is 10.2 Å². The molecule has 0 saturated heterocycles. The van der Waals surface area contributed by atoms with Crippen molar-refractivity contribution in [1.29, 1.82) is 0 Å². The number of hydrazone groups is 1. The number of urea groups is 1. The number of rotatable bonds is 6. The molecular weight excluding hydrogens is 242 g/mol. The van der Waals surface area contributed by atoms with Crippen LogP contribution in [0.1, 0.15) is 36.5 Å². The smallest absolute Gasteiger partial charge is 0.332 e. The lowest BCUT2D eigenvalue weighted by Gasteiger charge is -2.12. The van der Waals surface area contributed by atoms with Crippen LogP contribution in [-0.2, 0) is 0 Å². The number of unbranched alkanes of at least 4 members (excludes halogenated alkanes) is 1. The Hall–Kier alpha value is -2.04. The third kappa shape index (κ3) is 4.99. The molecule has 5 nitrogen and oxygen atoms in total. The molecule has 0 heterocycles. The molecule has 0 fully saturated rings. The van der Waals surface area contributed by atoms with Crippen molar-refractivity contribution in [2.45, 2.75) is 33.6 Å². The van der Waals surface area contributed by atoms with E-state index in [1.165, 1.54) is 0 Å². The number of amides is 2. The topological polar surface area (TPSA) is 76.7 Å². The first kappa shape index (κ1) is 15.0. The van der Waals surface area contributed by atoms with Crippen molar-refractivity contribution in [1.82, 2.24) is 5.43 Å². The SMILES string of the molecule is CCCCOc1c(C)cc(C=NNC(N)=O)cc1C. The van der Waals surface area contributed by atoms with Crippen molar-refractivity contribution >= 4 is 12.2 Å². The first-order chi connectivity index (χ1) is 9.04. The van der Waals surface area contributed by atoms with Crippen molar-refractivity contribution < 1.29 is 9.53 Å². The summed E-state index contributed by atoms with van der Waals surface area (Å²) in [6.45, 7) is 6.85. The molecule has 1 aromatic rings. The van der Waals surface area contributed by atoms with Crippen molar-refractivity contribution in [3.63, 3.8) is 0 Å². The van der Waals surface area contributed by atoms with Gasteiger partial charge in [-0.15, -0.1) is 0 Å². The number of primary amides is 1. The molecule has 0 radical (unpaired) electrons. The summed E-state index contributed by atoms with van der Waals surface area (Å²) in [6, 6.07) is 3.24. The van der Waals surface area contributed by atoms with Gasteiger partial charge in [0.15, 0.2) is 0 Å². The van der Waals surface area contributed by atoms with E-state index in [0.717, 1.165) is 41.9 Å². The van der Waals surface area contributed by atoms with Crippen molar-refractivity contribution in [3.8, 4) is 5.75 Å². The van der Waals surface area contributed by atoms with E-state index in [0.29, 0.717) is 0 Å². The third-order valence-corrected chi connectivity index (χ3v) is 2.62. The highest BCUT2D eigenvalue weighted by Gasteiger charge is 2.05. The summed E-state index contributed by atoms with van der Waals surface area (Å²) in [5.74, 6) is 0.925. The molecule has 19 heavy (non-hydrogen) atoms. The second kappa shape index (κ2) is 7.41. The number of hydrogen-bond donors (Lipinski definition) is 2. The molecule has 0 saturated carbocycles. The second-order valence-electron chi connectivity index (χ2n) is 4.42. The monoisotopic (exact) mass is 263 g/mol. The molecule has 1 aromatic carbocycles. The number of hydrogen-bond acceptors (Lipinski definition) is 3. The van der Waals surface area contributed by atoms with Crippen LogP contribution in [0.2, 0.25) is 0 Å². The summed E-state index contributed by atoms with van der Waals surface area (Å²) in [6.07, 6.45) is 3.72. The van der Waals surface area contributed by atoms with Crippen molar-refractivity contribution in [2.24, 2.45) is 10.8 Å². The lowest BCUT2D eigenvalue weighted by Crippen LogP contribution is -2.24. The predicted octanol–water partition coefficient (Wildman–Crippen LogP) is 2.48. The number of carbonyl (C=O) groups excluding carboxylic acids is 1. The molecule has 0 atom stereocenters. The maximum atomic E-state index is 10.5. The molecular formula is C14H21N3O2. The molecule has 0 aliphatic carbocycles. The van der Waals surface area contributed by atoms with Crippen molar-refractivity contribution in [2.75, 3.05) is 6.61 Å². The minimum absolute atomic E-state index is 0.677. The molecule has 1 rings (SSSR count). The highest BCUT2D eigenvalue weighted by Crippen LogP contribution is 2.24. The summed E-state index contributed by atoms with van der Waals surface area (Å²) >= 11 is 0. The zero-order valence-corrected chi connectivity index (χ0v) is 11.7. The Bertz CT molecular complexity index is 447. The van der Waals surface area contributed by atoms with E-state index >= 15 is 0 Å². The number of nitrogens with zero attached hydrogens (tertiary/aromatic N) is 1. The first-order valence-corrected chi connectivity index (χ1v) is 6.37. The van der Waals surface area contributed by atoms with Gasteiger partial charge in [0, 0.05) is 0 Å². The van der Waals surface area contributed by atoms with Gasteiger partial charge in [-0.2, -0.15) is 5.10 Å². The van der Waals surface area contributed by atoms with Gasteiger partial charge in [0.25, 0.3) is 0 Å². The summed E-state index contributed by atoms with van der Waals surface area (Å²) in [5.41, 5.74) is 10.1. The fourth-order valence-electron chi connectivity index (χ4n) is 1.77. The van der Waals surface area contributed by atoms with E-state index in [9.17, 15) is 4.79 Å². The van der Waals surface area contributed by atoms with Crippen LogP contribution in [-0.4, -0.2) is 18.9 Å². The van der Waals surface area contributed by atoms with Gasteiger partial charge < -0.3 is 10.5 Å². The Balaban J connectivity index is 2.78. The largest absolute Gasteiger partial charge is 0.493 e. The minimum Gasteiger partial charge on any atom is -0.493 e. The third-order valence-electron chi connectivity index (χ3n) is 2.62. The molecule has 0 unspecified atom stereocenters. The van der Waals surface area contributed by atoms with E-state index in [1.807, 2.05) is 26.0 Å². The normalized spacial score (nSPS) is 10.7. The van der Waals surface area contributed by atoms with Gasteiger partial charge in [0.2, 0.25) is 0 Å². The van der Waals surface area contributed by atoms with Gasteiger partial charge in [-0.3, -0.25) is 0 Å². The van der Waals surface area contributed by atoms with E-state index in [2.05, 4.69) is 17.5 Å². The Morgan fingerprint density at radius 3 is 2.58 bits per heavy atom. The molecule has 0 aromatic heterocycles. The fourth-order valence-corrected chi connectivity index (χ4v) is 1.77. The maximum Gasteiger partial charge on any atom is 0.332 e. The highest BCUT2D eigenvalue weighted by atomic mass is 16.5. The van der Waals surface area contributed by atoms with E-state index in [-0.39, 0.29) is 0 Å². The quantitative estimate of drug-likeness (QED) is 0.470. The summed E-state index contributed by atoms with van der Waals surface area (Å²) in [4.78, 5) is 10.5. The maximum absolute atomic E-state index is 10.5.